The monoisotopic (exact) mass is 394 g/mol. The molecule has 0 saturated carbocycles. The van der Waals surface area contributed by atoms with Crippen LogP contribution in [-0.4, -0.2) is 29.8 Å². The van der Waals surface area contributed by atoms with Crippen LogP contribution in [0.15, 0.2) is 24.3 Å². The smallest absolute Gasteiger partial charge is 0.296 e. The second-order valence-corrected chi connectivity index (χ2v) is 8.35. The standard InChI is InChI=1S/C13H13F3N4O3S2/c1-7(2)25(22,23)20-9-5-3-8(4-6-9)10(21)17-12-19-18-11(24-12)13(14,15)16/h3-7,20H,1-2H3,(H,17,19,21). The van der Waals surface area contributed by atoms with Gasteiger partial charge < -0.3 is 0 Å². The van der Waals surface area contributed by atoms with Gasteiger partial charge in [0, 0.05) is 11.3 Å². The zero-order chi connectivity index (χ0) is 18.8. The molecule has 0 aliphatic rings. The molecular weight excluding hydrogens is 381 g/mol. The van der Waals surface area contributed by atoms with Gasteiger partial charge in [0.05, 0.1) is 5.25 Å². The number of halogens is 3. The summed E-state index contributed by atoms with van der Waals surface area (Å²) in [6.07, 6.45) is -4.63. The first-order valence-corrected chi connectivity index (χ1v) is 9.19. The second kappa shape index (κ2) is 6.96. The van der Waals surface area contributed by atoms with Crippen LogP contribution in [-0.2, 0) is 16.2 Å². The van der Waals surface area contributed by atoms with Gasteiger partial charge in [0.2, 0.25) is 20.2 Å². The lowest BCUT2D eigenvalue weighted by molar-refractivity contribution is -0.138. The lowest BCUT2D eigenvalue weighted by atomic mass is 10.2. The van der Waals surface area contributed by atoms with Gasteiger partial charge in [0.25, 0.3) is 5.91 Å². The van der Waals surface area contributed by atoms with Crippen LogP contribution in [0.4, 0.5) is 24.0 Å². The summed E-state index contributed by atoms with van der Waals surface area (Å²) in [5, 5.41) is 6.34. The third kappa shape index (κ3) is 4.89. The molecule has 2 aromatic rings. The van der Waals surface area contributed by atoms with Gasteiger partial charge in [-0.25, -0.2) is 8.42 Å². The minimum Gasteiger partial charge on any atom is -0.296 e. The maximum absolute atomic E-state index is 12.4. The summed E-state index contributed by atoms with van der Waals surface area (Å²) in [6.45, 7) is 3.03. The van der Waals surface area contributed by atoms with Crippen molar-refractivity contribution in [2.45, 2.75) is 25.3 Å². The Bertz CT molecular complexity index is 861. The first kappa shape index (κ1) is 19.1. The van der Waals surface area contributed by atoms with Crippen LogP contribution in [0.5, 0.6) is 0 Å². The molecule has 0 saturated heterocycles. The highest BCUT2D eigenvalue weighted by atomic mass is 32.2. The van der Waals surface area contributed by atoms with Crippen molar-refractivity contribution in [2.75, 3.05) is 10.0 Å². The Labute approximate surface area is 145 Å². The lowest BCUT2D eigenvalue weighted by Gasteiger charge is -2.11. The highest BCUT2D eigenvalue weighted by Crippen LogP contribution is 2.33. The number of hydrogen-bond acceptors (Lipinski definition) is 6. The summed E-state index contributed by atoms with van der Waals surface area (Å²) in [4.78, 5) is 12.0. The molecule has 0 fully saturated rings. The number of rotatable bonds is 5. The molecule has 12 heteroatoms. The predicted octanol–water partition coefficient (Wildman–Crippen LogP) is 2.96. The van der Waals surface area contributed by atoms with Gasteiger partial charge in [-0.2, -0.15) is 13.2 Å². The van der Waals surface area contributed by atoms with Crippen LogP contribution < -0.4 is 10.0 Å². The maximum Gasteiger partial charge on any atom is 0.445 e. The first-order valence-electron chi connectivity index (χ1n) is 6.83. The molecule has 1 heterocycles. The predicted molar refractivity (Wildman–Crippen MR) is 87.0 cm³/mol. The summed E-state index contributed by atoms with van der Waals surface area (Å²) >= 11 is 0.206. The number of carbonyl (C=O) groups excluding carboxylic acids is 1. The van der Waals surface area contributed by atoms with E-state index in [9.17, 15) is 26.4 Å². The molecule has 1 aromatic carbocycles. The summed E-state index contributed by atoms with van der Waals surface area (Å²) in [7, 11) is -3.52. The van der Waals surface area contributed by atoms with Gasteiger partial charge in [-0.1, -0.05) is 11.3 Å². The lowest BCUT2D eigenvalue weighted by Crippen LogP contribution is -2.22. The third-order valence-corrected chi connectivity index (χ3v) is 5.56. The number of nitrogens with one attached hydrogen (secondary N) is 2. The number of benzene rings is 1. The highest BCUT2D eigenvalue weighted by molar-refractivity contribution is 7.93. The molecule has 0 unspecified atom stereocenters. The van der Waals surface area contributed by atoms with Crippen molar-refractivity contribution in [3.63, 3.8) is 0 Å². The SMILES string of the molecule is CC(C)S(=O)(=O)Nc1ccc(C(=O)Nc2nnc(C(F)(F)F)s2)cc1. The molecule has 0 bridgehead atoms. The van der Waals surface area contributed by atoms with Crippen molar-refractivity contribution in [1.82, 2.24) is 10.2 Å². The quantitative estimate of drug-likeness (QED) is 0.812. The molecule has 0 atom stereocenters. The van der Waals surface area contributed by atoms with E-state index in [2.05, 4.69) is 20.2 Å². The van der Waals surface area contributed by atoms with Crippen molar-refractivity contribution in [3.05, 3.63) is 34.8 Å². The average Bonchev–Trinajstić information content (AvgIpc) is 2.96. The van der Waals surface area contributed by atoms with Gasteiger partial charge in [-0.3, -0.25) is 14.8 Å². The van der Waals surface area contributed by atoms with E-state index in [0.717, 1.165) is 0 Å². The van der Waals surface area contributed by atoms with E-state index in [0.29, 0.717) is 0 Å². The molecule has 2 N–H and O–H groups in total. The number of alkyl halides is 3. The fraction of sp³-hybridized carbons (Fsp3) is 0.308. The number of hydrogen-bond donors (Lipinski definition) is 2. The molecule has 7 nitrogen and oxygen atoms in total. The first-order chi connectivity index (χ1) is 11.5. The highest BCUT2D eigenvalue weighted by Gasteiger charge is 2.35. The Kier molecular flexibility index (Phi) is 5.32. The molecule has 0 radical (unpaired) electrons. The van der Waals surface area contributed by atoms with E-state index >= 15 is 0 Å². The van der Waals surface area contributed by atoms with E-state index in [4.69, 9.17) is 0 Å². The molecule has 2 rings (SSSR count). The van der Waals surface area contributed by atoms with Crippen LogP contribution in [0, 0.1) is 0 Å². The largest absolute Gasteiger partial charge is 0.445 e. The van der Waals surface area contributed by atoms with Crippen LogP contribution in [0.2, 0.25) is 0 Å². The summed E-state index contributed by atoms with van der Waals surface area (Å²) in [5.41, 5.74) is 0.386. The fourth-order valence-electron chi connectivity index (χ4n) is 1.53. The Hall–Kier alpha value is -2.21. The molecule has 1 amide bonds. The zero-order valence-corrected chi connectivity index (χ0v) is 14.6. The molecular formula is C13H13F3N4O3S2. The van der Waals surface area contributed by atoms with Gasteiger partial charge in [-0.05, 0) is 38.1 Å². The Morgan fingerprint density at radius 2 is 1.76 bits per heavy atom. The Morgan fingerprint density at radius 3 is 2.24 bits per heavy atom. The van der Waals surface area contributed by atoms with Crippen LogP contribution in [0.1, 0.15) is 29.2 Å². The molecule has 0 aliphatic carbocycles. The molecule has 0 aliphatic heterocycles. The normalized spacial score (nSPS) is 12.2. The average molecular weight is 394 g/mol. The van der Waals surface area contributed by atoms with Gasteiger partial charge in [0.15, 0.2) is 0 Å². The van der Waals surface area contributed by atoms with Crippen molar-refractivity contribution >= 4 is 38.1 Å². The number of amides is 1. The minimum atomic E-state index is -4.63. The topological polar surface area (TPSA) is 101 Å². The van der Waals surface area contributed by atoms with E-state index in [-0.39, 0.29) is 27.7 Å². The zero-order valence-electron chi connectivity index (χ0n) is 13.0. The Balaban J connectivity index is 2.07. The molecule has 1 aromatic heterocycles. The number of anilines is 2. The van der Waals surface area contributed by atoms with Crippen LogP contribution in [0.25, 0.3) is 0 Å². The minimum absolute atomic E-state index is 0.122. The van der Waals surface area contributed by atoms with Crippen LogP contribution >= 0.6 is 11.3 Å². The third-order valence-electron chi connectivity index (χ3n) is 2.92. The summed E-state index contributed by atoms with van der Waals surface area (Å²) < 4.78 is 63.2. The summed E-state index contributed by atoms with van der Waals surface area (Å²) in [6, 6.07) is 5.41. The van der Waals surface area contributed by atoms with Crippen molar-refractivity contribution in [2.24, 2.45) is 0 Å². The number of carbonyl (C=O) groups is 1. The second-order valence-electron chi connectivity index (χ2n) is 5.14. The molecule has 136 valence electrons. The molecule has 0 spiro atoms. The summed E-state index contributed by atoms with van der Waals surface area (Å²) in [5.74, 6) is -0.692. The van der Waals surface area contributed by atoms with Gasteiger partial charge >= 0.3 is 6.18 Å². The van der Waals surface area contributed by atoms with Crippen LogP contribution in [0.3, 0.4) is 0 Å². The fourth-order valence-corrected chi connectivity index (χ4v) is 2.84. The number of sulfonamides is 1. The van der Waals surface area contributed by atoms with Gasteiger partial charge in [-0.15, -0.1) is 10.2 Å². The van der Waals surface area contributed by atoms with Crippen molar-refractivity contribution in [1.29, 1.82) is 0 Å². The molecule has 25 heavy (non-hydrogen) atoms. The van der Waals surface area contributed by atoms with E-state index in [1.165, 1.54) is 38.1 Å². The van der Waals surface area contributed by atoms with E-state index < -0.39 is 32.4 Å². The number of nitrogens with zero attached hydrogens (tertiary/aromatic N) is 2. The number of aromatic nitrogens is 2. The van der Waals surface area contributed by atoms with E-state index in [1.54, 1.807) is 0 Å². The Morgan fingerprint density at radius 1 is 1.16 bits per heavy atom. The van der Waals surface area contributed by atoms with E-state index in [1.807, 2.05) is 0 Å². The van der Waals surface area contributed by atoms with Crippen molar-refractivity contribution in [3.8, 4) is 0 Å². The van der Waals surface area contributed by atoms with Crippen molar-refractivity contribution < 1.29 is 26.4 Å². The van der Waals surface area contributed by atoms with Gasteiger partial charge in [0.1, 0.15) is 0 Å². The maximum atomic E-state index is 12.4.